The summed E-state index contributed by atoms with van der Waals surface area (Å²) in [6.45, 7) is 3.61. The molecule has 0 spiro atoms. The van der Waals surface area contributed by atoms with E-state index in [1.807, 2.05) is 18.2 Å². The third-order valence-electron chi connectivity index (χ3n) is 1.90. The molecular formula is C11H13NO3. The van der Waals surface area contributed by atoms with E-state index < -0.39 is 5.97 Å². The lowest BCUT2D eigenvalue weighted by Crippen LogP contribution is -2.11. The first kappa shape index (κ1) is 11.1. The number of carboxylic acid groups (broad SMARTS) is 1. The van der Waals surface area contributed by atoms with Crippen LogP contribution in [0.15, 0.2) is 36.4 Å². The molecule has 2 N–H and O–H groups in total. The molecule has 0 fully saturated rings. The minimum absolute atomic E-state index is 0.112. The Kier molecular flexibility index (Phi) is 3.74. The molecule has 0 bridgehead atoms. The van der Waals surface area contributed by atoms with Crippen molar-refractivity contribution in [2.45, 2.75) is 0 Å². The zero-order valence-electron chi connectivity index (χ0n) is 8.49. The number of hydrogen-bond donors (Lipinski definition) is 2. The van der Waals surface area contributed by atoms with E-state index in [-0.39, 0.29) is 12.1 Å². The number of methoxy groups -OCH3 is 1. The van der Waals surface area contributed by atoms with Gasteiger partial charge in [-0.15, -0.1) is 0 Å². The van der Waals surface area contributed by atoms with E-state index >= 15 is 0 Å². The summed E-state index contributed by atoms with van der Waals surface area (Å²) in [4.78, 5) is 10.5. The second-order valence-corrected chi connectivity index (χ2v) is 2.96. The lowest BCUT2D eigenvalue weighted by Gasteiger charge is -2.10. The van der Waals surface area contributed by atoms with E-state index in [4.69, 9.17) is 9.84 Å². The second kappa shape index (κ2) is 5.05. The topological polar surface area (TPSA) is 58.6 Å². The van der Waals surface area contributed by atoms with Gasteiger partial charge in [0.15, 0.2) is 0 Å². The Labute approximate surface area is 88.2 Å². The molecule has 0 saturated heterocycles. The van der Waals surface area contributed by atoms with E-state index in [1.165, 1.54) is 0 Å². The number of rotatable bonds is 5. The van der Waals surface area contributed by atoms with Crippen molar-refractivity contribution in [2.75, 3.05) is 19.0 Å². The second-order valence-electron chi connectivity index (χ2n) is 2.96. The maximum atomic E-state index is 10.5. The van der Waals surface area contributed by atoms with E-state index in [0.717, 1.165) is 5.69 Å². The number of benzene rings is 1. The maximum Gasteiger partial charge on any atom is 0.332 e. The molecule has 0 aliphatic rings. The SMILES string of the molecule is C=C(CNc1ccccc1OC)C(=O)O. The van der Waals surface area contributed by atoms with Crippen LogP contribution in [0.4, 0.5) is 5.69 Å². The Hall–Kier alpha value is -1.97. The Morgan fingerprint density at radius 3 is 2.80 bits per heavy atom. The van der Waals surface area contributed by atoms with Gasteiger partial charge in [0.1, 0.15) is 5.75 Å². The van der Waals surface area contributed by atoms with Crippen molar-refractivity contribution >= 4 is 11.7 Å². The Morgan fingerprint density at radius 1 is 1.53 bits per heavy atom. The molecule has 1 aromatic rings. The molecule has 0 radical (unpaired) electrons. The molecule has 80 valence electrons. The average Bonchev–Trinajstić information content (AvgIpc) is 2.26. The highest BCUT2D eigenvalue weighted by atomic mass is 16.5. The molecule has 0 aromatic heterocycles. The summed E-state index contributed by atoms with van der Waals surface area (Å²) in [5, 5.41) is 11.6. The Morgan fingerprint density at radius 2 is 2.20 bits per heavy atom. The van der Waals surface area contributed by atoms with E-state index in [2.05, 4.69) is 11.9 Å². The normalized spacial score (nSPS) is 9.40. The van der Waals surface area contributed by atoms with Gasteiger partial charge in [-0.3, -0.25) is 0 Å². The Bertz CT molecular complexity index is 374. The van der Waals surface area contributed by atoms with Crippen LogP contribution >= 0.6 is 0 Å². The molecule has 0 amide bonds. The van der Waals surface area contributed by atoms with Gasteiger partial charge >= 0.3 is 5.97 Å². The third kappa shape index (κ3) is 3.02. The Balaban J connectivity index is 2.65. The predicted molar refractivity (Wildman–Crippen MR) is 58.3 cm³/mol. The standard InChI is InChI=1S/C11H13NO3/c1-8(11(13)14)7-12-9-5-3-4-6-10(9)15-2/h3-6,12H,1,7H2,2H3,(H,13,14). The fourth-order valence-corrected chi connectivity index (χ4v) is 1.07. The van der Waals surface area contributed by atoms with Crippen molar-refractivity contribution in [3.63, 3.8) is 0 Å². The molecule has 4 heteroatoms. The monoisotopic (exact) mass is 207 g/mol. The first-order valence-electron chi connectivity index (χ1n) is 4.43. The van der Waals surface area contributed by atoms with Gasteiger partial charge in [-0.05, 0) is 12.1 Å². The van der Waals surface area contributed by atoms with Crippen LogP contribution in [0.1, 0.15) is 0 Å². The number of hydrogen-bond acceptors (Lipinski definition) is 3. The van der Waals surface area contributed by atoms with Crippen molar-refractivity contribution in [1.82, 2.24) is 0 Å². The van der Waals surface area contributed by atoms with Crippen LogP contribution < -0.4 is 10.1 Å². The number of anilines is 1. The lowest BCUT2D eigenvalue weighted by molar-refractivity contribution is -0.132. The van der Waals surface area contributed by atoms with Crippen molar-refractivity contribution in [3.8, 4) is 5.75 Å². The van der Waals surface area contributed by atoms with Gasteiger partial charge in [-0.1, -0.05) is 18.7 Å². The molecule has 0 saturated carbocycles. The summed E-state index contributed by atoms with van der Waals surface area (Å²) in [7, 11) is 1.56. The van der Waals surface area contributed by atoms with Crippen LogP contribution in [-0.4, -0.2) is 24.7 Å². The van der Waals surface area contributed by atoms with E-state index in [9.17, 15) is 4.79 Å². The van der Waals surface area contributed by atoms with Crippen LogP contribution in [0.2, 0.25) is 0 Å². The summed E-state index contributed by atoms with van der Waals surface area (Å²) >= 11 is 0. The van der Waals surface area contributed by atoms with Gasteiger partial charge in [-0.2, -0.15) is 0 Å². The van der Waals surface area contributed by atoms with Gasteiger partial charge in [0.05, 0.1) is 12.8 Å². The number of carbonyl (C=O) groups is 1. The van der Waals surface area contributed by atoms with Crippen molar-refractivity contribution < 1.29 is 14.6 Å². The smallest absolute Gasteiger partial charge is 0.332 e. The first-order chi connectivity index (χ1) is 7.15. The molecule has 0 unspecified atom stereocenters. The molecule has 0 aliphatic carbocycles. The van der Waals surface area contributed by atoms with Crippen molar-refractivity contribution in [3.05, 3.63) is 36.4 Å². The predicted octanol–water partition coefficient (Wildman–Crippen LogP) is 1.75. The summed E-state index contributed by atoms with van der Waals surface area (Å²) in [6.07, 6.45) is 0. The third-order valence-corrected chi connectivity index (χ3v) is 1.90. The van der Waals surface area contributed by atoms with Crippen LogP contribution in [-0.2, 0) is 4.79 Å². The van der Waals surface area contributed by atoms with Gasteiger partial charge in [0.25, 0.3) is 0 Å². The maximum absolute atomic E-state index is 10.5. The number of ether oxygens (including phenoxy) is 1. The van der Waals surface area contributed by atoms with Gasteiger partial charge < -0.3 is 15.2 Å². The summed E-state index contributed by atoms with van der Waals surface area (Å²) in [5.74, 6) is -0.326. The van der Waals surface area contributed by atoms with Crippen LogP contribution in [0.25, 0.3) is 0 Å². The number of carboxylic acids is 1. The molecule has 15 heavy (non-hydrogen) atoms. The fourth-order valence-electron chi connectivity index (χ4n) is 1.07. The molecule has 1 rings (SSSR count). The minimum atomic E-state index is -1.00. The molecule has 0 heterocycles. The quantitative estimate of drug-likeness (QED) is 0.722. The van der Waals surface area contributed by atoms with Crippen LogP contribution in [0.3, 0.4) is 0 Å². The molecule has 4 nitrogen and oxygen atoms in total. The minimum Gasteiger partial charge on any atom is -0.495 e. The number of nitrogens with one attached hydrogen (secondary N) is 1. The number of aliphatic carboxylic acids is 1. The van der Waals surface area contributed by atoms with E-state index in [0.29, 0.717) is 5.75 Å². The van der Waals surface area contributed by atoms with Gasteiger partial charge in [0, 0.05) is 12.1 Å². The fraction of sp³-hybridized carbons (Fsp3) is 0.182. The zero-order chi connectivity index (χ0) is 11.3. The summed E-state index contributed by atoms with van der Waals surface area (Å²) in [6, 6.07) is 7.30. The molecule has 0 atom stereocenters. The van der Waals surface area contributed by atoms with E-state index in [1.54, 1.807) is 13.2 Å². The van der Waals surface area contributed by atoms with Gasteiger partial charge in [0.2, 0.25) is 0 Å². The summed E-state index contributed by atoms with van der Waals surface area (Å²) < 4.78 is 5.10. The van der Waals surface area contributed by atoms with Crippen LogP contribution in [0.5, 0.6) is 5.75 Å². The van der Waals surface area contributed by atoms with Crippen LogP contribution in [0, 0.1) is 0 Å². The molecule has 1 aromatic carbocycles. The lowest BCUT2D eigenvalue weighted by atomic mass is 10.2. The highest BCUT2D eigenvalue weighted by Gasteiger charge is 2.05. The highest BCUT2D eigenvalue weighted by Crippen LogP contribution is 2.22. The van der Waals surface area contributed by atoms with Crippen molar-refractivity contribution in [1.29, 1.82) is 0 Å². The van der Waals surface area contributed by atoms with Crippen molar-refractivity contribution in [2.24, 2.45) is 0 Å². The zero-order valence-corrected chi connectivity index (χ0v) is 8.49. The van der Waals surface area contributed by atoms with Gasteiger partial charge in [-0.25, -0.2) is 4.79 Å². The number of para-hydroxylation sites is 2. The molecular weight excluding hydrogens is 194 g/mol. The average molecular weight is 207 g/mol. The molecule has 0 aliphatic heterocycles. The largest absolute Gasteiger partial charge is 0.495 e. The summed E-state index contributed by atoms with van der Waals surface area (Å²) in [5.41, 5.74) is 0.864. The highest BCUT2D eigenvalue weighted by molar-refractivity contribution is 5.86. The first-order valence-corrected chi connectivity index (χ1v) is 4.43.